The summed E-state index contributed by atoms with van der Waals surface area (Å²) in [4.78, 5) is 19.8. The Labute approximate surface area is 111 Å². The second-order valence-corrected chi connectivity index (χ2v) is 4.39. The molecule has 0 aromatic heterocycles. The summed E-state index contributed by atoms with van der Waals surface area (Å²) in [7, 11) is 0. The zero-order valence-corrected chi connectivity index (χ0v) is 10.9. The molecule has 0 bridgehead atoms. The Hall–Kier alpha value is -2.15. The molecular formula is C12H19N3O4. The zero-order valence-electron chi connectivity index (χ0n) is 10.9. The molecule has 1 unspecified atom stereocenters. The number of nitrogen functional groups attached to an aromatic ring is 1. The normalized spacial score (nSPS) is 11.4. The molecule has 0 aliphatic carbocycles. The number of benzene rings is 1. The van der Waals surface area contributed by atoms with Crippen LogP contribution >= 0.6 is 0 Å². The van der Waals surface area contributed by atoms with Gasteiger partial charge in [-0.1, -0.05) is 26.0 Å². The lowest BCUT2D eigenvalue weighted by Gasteiger charge is -2.07. The number of aliphatic carboxylic acids is 1. The highest BCUT2D eigenvalue weighted by molar-refractivity contribution is 5.72. The van der Waals surface area contributed by atoms with E-state index < -0.39 is 16.9 Å². The van der Waals surface area contributed by atoms with Gasteiger partial charge in [0.1, 0.15) is 11.7 Å². The predicted octanol–water partition coefficient (Wildman–Crippen LogP) is 1.62. The average Bonchev–Trinajstić information content (AvgIpc) is 2.29. The molecule has 7 heteroatoms. The van der Waals surface area contributed by atoms with Gasteiger partial charge in [0.25, 0.3) is 5.69 Å². The van der Waals surface area contributed by atoms with Crippen LogP contribution in [0.1, 0.15) is 20.3 Å². The SMILES string of the molecule is CC(C)CC(N)C(=O)O.Nc1ccccc1[N+](=O)[O-]. The van der Waals surface area contributed by atoms with E-state index >= 15 is 0 Å². The van der Waals surface area contributed by atoms with E-state index in [1.165, 1.54) is 12.1 Å². The van der Waals surface area contributed by atoms with Crippen molar-refractivity contribution in [2.75, 3.05) is 5.73 Å². The van der Waals surface area contributed by atoms with Crippen molar-refractivity contribution in [2.24, 2.45) is 11.7 Å². The third kappa shape index (κ3) is 6.99. The Balaban J connectivity index is 0.000000344. The van der Waals surface area contributed by atoms with Crippen LogP contribution in [0.15, 0.2) is 24.3 Å². The van der Waals surface area contributed by atoms with Crippen LogP contribution in [-0.4, -0.2) is 22.0 Å². The van der Waals surface area contributed by atoms with E-state index in [9.17, 15) is 14.9 Å². The van der Waals surface area contributed by atoms with Crippen molar-refractivity contribution in [3.63, 3.8) is 0 Å². The lowest BCUT2D eigenvalue weighted by atomic mass is 10.1. The second-order valence-electron chi connectivity index (χ2n) is 4.39. The summed E-state index contributed by atoms with van der Waals surface area (Å²) < 4.78 is 0. The number of carboxylic acids is 1. The van der Waals surface area contributed by atoms with Crippen LogP contribution < -0.4 is 11.5 Å². The first-order valence-corrected chi connectivity index (χ1v) is 5.73. The van der Waals surface area contributed by atoms with Gasteiger partial charge in [-0.15, -0.1) is 0 Å². The molecule has 1 rings (SSSR count). The maximum Gasteiger partial charge on any atom is 0.320 e. The third-order valence-corrected chi connectivity index (χ3v) is 2.18. The highest BCUT2D eigenvalue weighted by atomic mass is 16.6. The van der Waals surface area contributed by atoms with Gasteiger partial charge in [-0.05, 0) is 18.4 Å². The van der Waals surface area contributed by atoms with Crippen LogP contribution in [-0.2, 0) is 4.79 Å². The van der Waals surface area contributed by atoms with Gasteiger partial charge in [-0.3, -0.25) is 14.9 Å². The Morgan fingerprint density at radius 3 is 2.21 bits per heavy atom. The molecule has 5 N–H and O–H groups in total. The number of nitro benzene ring substituents is 1. The van der Waals surface area contributed by atoms with E-state index in [0.29, 0.717) is 12.3 Å². The Kier molecular flexibility index (Phi) is 7.13. The van der Waals surface area contributed by atoms with Crippen molar-refractivity contribution in [3.8, 4) is 0 Å². The van der Waals surface area contributed by atoms with Gasteiger partial charge < -0.3 is 16.6 Å². The quantitative estimate of drug-likeness (QED) is 0.432. The Bertz CT molecular complexity index is 435. The maximum absolute atomic E-state index is 10.1. The summed E-state index contributed by atoms with van der Waals surface area (Å²) in [5.74, 6) is -0.556. The molecule has 1 atom stereocenters. The van der Waals surface area contributed by atoms with Crippen LogP contribution in [0.2, 0.25) is 0 Å². The minimum absolute atomic E-state index is 0.0394. The number of nitrogens with two attached hydrogens (primary N) is 2. The number of para-hydroxylation sites is 2. The third-order valence-electron chi connectivity index (χ3n) is 2.18. The molecule has 106 valence electrons. The lowest BCUT2D eigenvalue weighted by Crippen LogP contribution is -2.31. The monoisotopic (exact) mass is 269 g/mol. The van der Waals surface area contributed by atoms with Crippen molar-refractivity contribution in [2.45, 2.75) is 26.3 Å². The topological polar surface area (TPSA) is 132 Å². The minimum atomic E-state index is -0.913. The number of anilines is 1. The minimum Gasteiger partial charge on any atom is -0.480 e. The molecule has 19 heavy (non-hydrogen) atoms. The molecule has 0 spiro atoms. The van der Waals surface area contributed by atoms with Crippen LogP contribution in [0.3, 0.4) is 0 Å². The largest absolute Gasteiger partial charge is 0.480 e. The summed E-state index contributed by atoms with van der Waals surface area (Å²) in [6, 6.07) is 5.41. The number of hydrogen-bond acceptors (Lipinski definition) is 5. The predicted molar refractivity (Wildman–Crippen MR) is 72.6 cm³/mol. The van der Waals surface area contributed by atoms with Crippen molar-refractivity contribution in [1.29, 1.82) is 0 Å². The fraction of sp³-hybridized carbons (Fsp3) is 0.417. The standard InChI is InChI=1S/C6H6N2O2.C6H13NO2/c7-5-3-1-2-4-6(5)8(9)10;1-4(2)3-5(7)6(8)9/h1-4H,7H2;4-5H,3,7H2,1-2H3,(H,8,9). The van der Waals surface area contributed by atoms with Crippen LogP contribution in [0, 0.1) is 16.0 Å². The van der Waals surface area contributed by atoms with E-state index in [1.54, 1.807) is 12.1 Å². The molecule has 1 aromatic rings. The smallest absolute Gasteiger partial charge is 0.320 e. The number of nitro groups is 1. The number of carbonyl (C=O) groups is 1. The molecular weight excluding hydrogens is 250 g/mol. The summed E-state index contributed by atoms with van der Waals surface area (Å²) >= 11 is 0. The van der Waals surface area contributed by atoms with E-state index in [0.717, 1.165) is 0 Å². The van der Waals surface area contributed by atoms with Gasteiger partial charge in [-0.2, -0.15) is 0 Å². The second kappa shape index (κ2) is 8.04. The molecule has 0 heterocycles. The summed E-state index contributed by atoms with van der Waals surface area (Å²) in [5.41, 5.74) is 10.7. The van der Waals surface area contributed by atoms with Crippen LogP contribution in [0.25, 0.3) is 0 Å². The van der Waals surface area contributed by atoms with Gasteiger partial charge in [-0.25, -0.2) is 0 Å². The lowest BCUT2D eigenvalue weighted by molar-refractivity contribution is -0.383. The summed E-state index contributed by atoms with van der Waals surface area (Å²) in [5, 5.41) is 18.5. The van der Waals surface area contributed by atoms with Gasteiger partial charge in [0.05, 0.1) is 4.92 Å². The molecule has 0 fully saturated rings. The van der Waals surface area contributed by atoms with Gasteiger partial charge >= 0.3 is 5.97 Å². The highest BCUT2D eigenvalue weighted by Crippen LogP contribution is 2.18. The molecule has 0 amide bonds. The van der Waals surface area contributed by atoms with Crippen molar-refractivity contribution < 1.29 is 14.8 Å². The summed E-state index contributed by atoms with van der Waals surface area (Å²) in [6.07, 6.45) is 0.551. The number of hydrogen-bond donors (Lipinski definition) is 3. The van der Waals surface area contributed by atoms with Crippen LogP contribution in [0.4, 0.5) is 11.4 Å². The Morgan fingerprint density at radius 1 is 1.42 bits per heavy atom. The molecule has 0 saturated heterocycles. The first-order valence-electron chi connectivity index (χ1n) is 5.73. The van der Waals surface area contributed by atoms with Gasteiger partial charge in [0.15, 0.2) is 0 Å². The first kappa shape index (κ1) is 16.9. The van der Waals surface area contributed by atoms with Gasteiger partial charge in [0.2, 0.25) is 0 Å². The zero-order chi connectivity index (χ0) is 15.0. The first-order chi connectivity index (χ1) is 8.75. The molecule has 1 aromatic carbocycles. The molecule has 0 saturated carbocycles. The van der Waals surface area contributed by atoms with Crippen molar-refractivity contribution in [1.82, 2.24) is 0 Å². The number of carboxylic acid groups (broad SMARTS) is 1. The maximum atomic E-state index is 10.1. The van der Waals surface area contributed by atoms with Crippen molar-refractivity contribution >= 4 is 17.3 Å². The van der Waals surface area contributed by atoms with E-state index in [-0.39, 0.29) is 11.4 Å². The molecule has 0 aliphatic heterocycles. The number of nitrogens with zero attached hydrogens (tertiary/aromatic N) is 1. The highest BCUT2D eigenvalue weighted by Gasteiger charge is 2.11. The number of rotatable bonds is 4. The fourth-order valence-electron chi connectivity index (χ4n) is 1.26. The molecule has 7 nitrogen and oxygen atoms in total. The molecule has 0 radical (unpaired) electrons. The Morgan fingerprint density at radius 2 is 1.95 bits per heavy atom. The summed E-state index contributed by atoms with van der Waals surface area (Å²) in [6.45, 7) is 3.89. The van der Waals surface area contributed by atoms with E-state index in [2.05, 4.69) is 0 Å². The fourth-order valence-corrected chi connectivity index (χ4v) is 1.26. The van der Waals surface area contributed by atoms with Gasteiger partial charge in [0, 0.05) is 6.07 Å². The van der Waals surface area contributed by atoms with E-state index in [1.807, 2.05) is 13.8 Å². The molecule has 0 aliphatic rings. The van der Waals surface area contributed by atoms with Crippen LogP contribution in [0.5, 0.6) is 0 Å². The average molecular weight is 269 g/mol. The van der Waals surface area contributed by atoms with E-state index in [4.69, 9.17) is 16.6 Å². The van der Waals surface area contributed by atoms with Crippen molar-refractivity contribution in [3.05, 3.63) is 34.4 Å².